The quantitative estimate of drug-likeness (QED) is 0.156. The number of nitrogens with zero attached hydrogens (tertiary/aromatic N) is 2. The Hall–Kier alpha value is -8.60. The Bertz CT molecular complexity index is 4480. The number of para-hydroxylation sites is 4. The van der Waals surface area contributed by atoms with Gasteiger partial charge < -0.3 is 18.6 Å². The van der Waals surface area contributed by atoms with Gasteiger partial charge in [0, 0.05) is 48.5 Å². The molecule has 0 unspecified atom stereocenters. The SMILES string of the molecule is Cc1cc(N(c2cccc3ccccc23)c2cccc3c2oc2ccccc23)c2cc3c4c(cc(N(c5cccc6ccccc56)c5cccc6c5oc5ccccc56)c5ccc1c2c54)CCC3(C)C. The highest BCUT2D eigenvalue weighted by molar-refractivity contribution is 6.31. The Balaban J connectivity index is 1.10. The summed E-state index contributed by atoms with van der Waals surface area (Å²) >= 11 is 0. The topological polar surface area (TPSA) is 32.8 Å². The fourth-order valence-corrected chi connectivity index (χ4v) is 12.4. The predicted octanol–water partition coefficient (Wildman–Crippen LogP) is 19.2. The van der Waals surface area contributed by atoms with E-state index < -0.39 is 0 Å². The van der Waals surface area contributed by atoms with Crippen LogP contribution in [0.5, 0.6) is 0 Å². The minimum atomic E-state index is -0.0817. The highest BCUT2D eigenvalue weighted by Crippen LogP contribution is 2.56. The molecule has 2 heterocycles. The third-order valence-corrected chi connectivity index (χ3v) is 15.7. The molecule has 0 amide bonds. The molecule has 0 atom stereocenters. The Labute approximate surface area is 404 Å². The summed E-state index contributed by atoms with van der Waals surface area (Å²) in [5, 5.41) is 16.9. The molecule has 0 saturated carbocycles. The lowest BCUT2D eigenvalue weighted by Crippen LogP contribution is -2.24. The van der Waals surface area contributed by atoms with Crippen LogP contribution in [0.15, 0.2) is 209 Å². The van der Waals surface area contributed by atoms with Gasteiger partial charge in [0.05, 0.1) is 34.1 Å². The Kier molecular flexibility index (Phi) is 8.14. The zero-order valence-corrected chi connectivity index (χ0v) is 39.2. The number of rotatable bonds is 6. The number of furan rings is 2. The molecule has 1 aliphatic rings. The van der Waals surface area contributed by atoms with Gasteiger partial charge >= 0.3 is 0 Å². The van der Waals surface area contributed by atoms with Crippen molar-refractivity contribution < 1.29 is 8.83 Å². The summed E-state index contributed by atoms with van der Waals surface area (Å²) in [6, 6.07) is 73.4. The van der Waals surface area contributed by atoms with Crippen molar-refractivity contribution >= 4 is 132 Å². The molecule has 1 aliphatic carbocycles. The van der Waals surface area contributed by atoms with Gasteiger partial charge in [0.15, 0.2) is 11.2 Å². The molecule has 4 nitrogen and oxygen atoms in total. The number of anilines is 6. The first kappa shape index (κ1) is 39.4. The maximum atomic E-state index is 6.93. The van der Waals surface area contributed by atoms with Crippen molar-refractivity contribution in [2.24, 2.45) is 0 Å². The second-order valence-electron chi connectivity index (χ2n) is 20.1. The summed E-state index contributed by atoms with van der Waals surface area (Å²) in [6.45, 7) is 7.19. The second-order valence-corrected chi connectivity index (χ2v) is 20.1. The van der Waals surface area contributed by atoms with Crippen LogP contribution in [-0.2, 0) is 11.8 Å². The Morgan fingerprint density at radius 1 is 0.371 bits per heavy atom. The molecule has 0 radical (unpaired) electrons. The van der Waals surface area contributed by atoms with Crippen LogP contribution < -0.4 is 9.80 Å². The van der Waals surface area contributed by atoms with E-state index in [1.54, 1.807) is 0 Å². The highest BCUT2D eigenvalue weighted by Gasteiger charge is 2.35. The second kappa shape index (κ2) is 14.5. The summed E-state index contributed by atoms with van der Waals surface area (Å²) < 4.78 is 13.9. The summed E-state index contributed by atoms with van der Waals surface area (Å²) in [5.41, 5.74) is 14.0. The molecule has 15 rings (SSSR count). The van der Waals surface area contributed by atoms with Gasteiger partial charge in [0.1, 0.15) is 11.2 Å². The first-order valence-electron chi connectivity index (χ1n) is 24.5. The Morgan fingerprint density at radius 3 is 1.44 bits per heavy atom. The maximum absolute atomic E-state index is 6.93. The van der Waals surface area contributed by atoms with Crippen molar-refractivity contribution in [1.29, 1.82) is 0 Å². The normalized spacial score (nSPS) is 13.6. The molecule has 14 aromatic rings. The minimum absolute atomic E-state index is 0.0817. The van der Waals surface area contributed by atoms with Gasteiger partial charge in [-0.1, -0.05) is 159 Å². The summed E-state index contributed by atoms with van der Waals surface area (Å²) in [7, 11) is 0. The summed E-state index contributed by atoms with van der Waals surface area (Å²) in [5.74, 6) is 0. The van der Waals surface area contributed by atoms with Crippen LogP contribution in [0.25, 0.3) is 97.7 Å². The van der Waals surface area contributed by atoms with Gasteiger partial charge in [0.2, 0.25) is 0 Å². The van der Waals surface area contributed by atoms with Crippen LogP contribution in [-0.4, -0.2) is 0 Å². The molecule has 12 aromatic carbocycles. The van der Waals surface area contributed by atoms with E-state index in [0.29, 0.717) is 0 Å². The zero-order valence-electron chi connectivity index (χ0n) is 39.2. The Morgan fingerprint density at radius 2 is 0.843 bits per heavy atom. The largest absolute Gasteiger partial charge is 0.454 e. The van der Waals surface area contributed by atoms with Gasteiger partial charge in [-0.25, -0.2) is 0 Å². The average Bonchev–Trinajstić information content (AvgIpc) is 3.98. The van der Waals surface area contributed by atoms with Gasteiger partial charge in [-0.15, -0.1) is 0 Å². The monoisotopic (exact) mass is 898 g/mol. The number of fused-ring (bicyclic) bond motifs is 8. The van der Waals surface area contributed by atoms with Gasteiger partial charge in [0.25, 0.3) is 0 Å². The number of hydrogen-bond acceptors (Lipinski definition) is 4. The van der Waals surface area contributed by atoms with Crippen LogP contribution in [0.2, 0.25) is 0 Å². The van der Waals surface area contributed by atoms with Gasteiger partial charge in [-0.3, -0.25) is 0 Å². The van der Waals surface area contributed by atoms with Crippen LogP contribution in [0.4, 0.5) is 34.1 Å². The molecule has 0 bridgehead atoms. The lowest BCUT2D eigenvalue weighted by molar-refractivity contribution is 0.475. The van der Waals surface area contributed by atoms with E-state index in [0.717, 1.165) is 90.8 Å². The van der Waals surface area contributed by atoms with Crippen molar-refractivity contribution in [2.75, 3.05) is 9.80 Å². The molecule has 0 fully saturated rings. The molecule has 332 valence electrons. The molecular weight excluding hydrogens is 853 g/mol. The molecule has 0 spiro atoms. The molecular formula is C66H46N2O2. The molecule has 0 saturated heterocycles. The number of hydrogen-bond donors (Lipinski definition) is 0. The first-order valence-corrected chi connectivity index (χ1v) is 24.5. The third-order valence-electron chi connectivity index (χ3n) is 15.7. The fraction of sp³-hybridized carbons (Fsp3) is 0.0909. The van der Waals surface area contributed by atoms with Crippen LogP contribution in [0.1, 0.15) is 37.0 Å². The number of benzene rings is 12. The molecule has 70 heavy (non-hydrogen) atoms. The molecule has 0 N–H and O–H groups in total. The summed E-state index contributed by atoms with van der Waals surface area (Å²) in [6.07, 6.45) is 2.00. The van der Waals surface area contributed by atoms with Crippen molar-refractivity contribution in [3.8, 4) is 0 Å². The van der Waals surface area contributed by atoms with Gasteiger partial charge in [-0.05, 0) is 123 Å². The highest BCUT2D eigenvalue weighted by atomic mass is 16.3. The van der Waals surface area contributed by atoms with E-state index in [9.17, 15) is 0 Å². The van der Waals surface area contributed by atoms with E-state index in [2.05, 4.69) is 231 Å². The van der Waals surface area contributed by atoms with Crippen LogP contribution >= 0.6 is 0 Å². The smallest absolute Gasteiger partial charge is 0.159 e. The first-order chi connectivity index (χ1) is 34.4. The molecule has 0 aliphatic heterocycles. The van der Waals surface area contributed by atoms with Crippen molar-refractivity contribution in [1.82, 2.24) is 0 Å². The lowest BCUT2D eigenvalue weighted by Gasteiger charge is -2.37. The molecule has 2 aromatic heterocycles. The van der Waals surface area contributed by atoms with E-state index in [4.69, 9.17) is 8.83 Å². The van der Waals surface area contributed by atoms with E-state index >= 15 is 0 Å². The lowest BCUT2D eigenvalue weighted by atomic mass is 9.70. The van der Waals surface area contributed by atoms with E-state index in [1.165, 1.54) is 70.6 Å². The summed E-state index contributed by atoms with van der Waals surface area (Å²) in [4.78, 5) is 5.01. The number of aryl methyl sites for hydroxylation is 2. The van der Waals surface area contributed by atoms with E-state index in [1.807, 2.05) is 0 Å². The fourth-order valence-electron chi connectivity index (χ4n) is 12.4. The standard InChI is InChI=1S/C66H46N2O2/c1-39-36-57(67(53-26-12-18-40-16-4-6-20-44(40)53)55-28-14-24-48-46-22-8-10-30-59(46)69-64(48)55)51-38-52-61-42(34-35-66(52,2)3)37-58(50-33-32-43(39)62(51)63(50)61)68(54-27-13-19-41-17-5-7-21-45(41)54)56-29-15-25-49-47-23-9-11-31-60(47)70-65(49)56/h4-33,36-38H,34-35H2,1-3H3. The van der Waals surface area contributed by atoms with Crippen molar-refractivity contribution in [3.63, 3.8) is 0 Å². The van der Waals surface area contributed by atoms with Crippen molar-refractivity contribution in [3.05, 3.63) is 217 Å². The minimum Gasteiger partial charge on any atom is -0.454 e. The van der Waals surface area contributed by atoms with Crippen LogP contribution in [0.3, 0.4) is 0 Å². The van der Waals surface area contributed by atoms with Crippen LogP contribution in [0, 0.1) is 6.92 Å². The van der Waals surface area contributed by atoms with Crippen molar-refractivity contribution in [2.45, 2.75) is 39.0 Å². The molecule has 4 heteroatoms. The van der Waals surface area contributed by atoms with E-state index in [-0.39, 0.29) is 5.41 Å². The third kappa shape index (κ3) is 5.47. The average molecular weight is 899 g/mol. The predicted molar refractivity (Wildman–Crippen MR) is 295 cm³/mol. The maximum Gasteiger partial charge on any atom is 0.159 e. The zero-order chi connectivity index (χ0) is 46.4. The van der Waals surface area contributed by atoms with Gasteiger partial charge in [-0.2, -0.15) is 0 Å².